The first-order valence-corrected chi connectivity index (χ1v) is 28.7. The molecule has 0 atom stereocenters. The third-order valence-corrected chi connectivity index (χ3v) is 18.7. The Bertz CT molecular complexity index is 3750. The van der Waals surface area contributed by atoms with Crippen molar-refractivity contribution >= 4 is 74.3 Å². The van der Waals surface area contributed by atoms with E-state index in [1.807, 2.05) is 0 Å². The van der Waals surface area contributed by atoms with Crippen LogP contribution < -0.4 is 31.1 Å². The molecule has 0 saturated heterocycles. The highest BCUT2D eigenvalue weighted by Crippen LogP contribution is 2.55. The van der Waals surface area contributed by atoms with E-state index < -0.39 is 0 Å². The molecule has 13 rings (SSSR count). The molecule has 0 spiro atoms. The number of rotatable bonds is 7. The summed E-state index contributed by atoms with van der Waals surface area (Å²) < 4.78 is 0. The summed E-state index contributed by atoms with van der Waals surface area (Å²) in [4.78, 5) is 7.84. The van der Waals surface area contributed by atoms with Gasteiger partial charge in [-0.05, 0) is 186 Å². The maximum atomic E-state index is 2.71. The van der Waals surface area contributed by atoms with E-state index in [2.05, 4.69) is 291 Å². The second-order valence-electron chi connectivity index (χ2n) is 26.7. The molecule has 0 unspecified atom stereocenters. The van der Waals surface area contributed by atoms with Gasteiger partial charge in [0.25, 0.3) is 6.71 Å². The average Bonchev–Trinajstić information content (AvgIpc) is 3.52. The molecule has 0 fully saturated rings. The van der Waals surface area contributed by atoms with Gasteiger partial charge >= 0.3 is 0 Å². The molecule has 9 aromatic rings. The molecule has 0 amide bonds. The van der Waals surface area contributed by atoms with Crippen molar-refractivity contribution in [1.82, 2.24) is 0 Å². The molecule has 0 bridgehead atoms. The molecule has 3 nitrogen and oxygen atoms in total. The summed E-state index contributed by atoms with van der Waals surface area (Å²) in [7, 11) is 0. The highest BCUT2D eigenvalue weighted by atomic mass is 15.2. The SMILES string of the molecule is CC(C)(C)c1ccc(N2c3ccc(-c4ccccc4)cc3B3c4cc5c(cc4N(c4ccc6c(c4)C(C)(C)CCC6(C)C)c4cc(N(c6ccccc6)c6ccccc6)cc2c43)C(C)(C)CCC5(C)C)c(-c2ccccc2)c1. The Morgan fingerprint density at radius 3 is 1.44 bits per heavy atom. The van der Waals surface area contributed by atoms with Crippen LogP contribution >= 0.6 is 0 Å². The Hall–Kier alpha value is -7.56. The van der Waals surface area contributed by atoms with Crippen LogP contribution in [-0.2, 0) is 27.1 Å². The first-order chi connectivity index (χ1) is 37.3. The smallest absolute Gasteiger partial charge is 0.252 e. The van der Waals surface area contributed by atoms with Gasteiger partial charge in [0.05, 0.1) is 11.4 Å². The summed E-state index contributed by atoms with van der Waals surface area (Å²) in [6, 6.07) is 76.7. The fourth-order valence-corrected chi connectivity index (χ4v) is 13.9. The van der Waals surface area contributed by atoms with Crippen LogP contribution in [0, 0.1) is 0 Å². The predicted octanol–water partition coefficient (Wildman–Crippen LogP) is 18.6. The third kappa shape index (κ3) is 8.15. The minimum Gasteiger partial charge on any atom is -0.311 e. The van der Waals surface area contributed by atoms with Gasteiger partial charge in [-0.3, -0.25) is 0 Å². The Labute approximate surface area is 465 Å². The van der Waals surface area contributed by atoms with E-state index in [1.54, 1.807) is 0 Å². The molecule has 0 radical (unpaired) electrons. The number of hydrogen-bond acceptors (Lipinski definition) is 3. The number of anilines is 9. The minimum atomic E-state index is -0.0831. The van der Waals surface area contributed by atoms with Crippen LogP contribution in [0.1, 0.15) is 130 Å². The van der Waals surface area contributed by atoms with Crippen molar-refractivity contribution < 1.29 is 0 Å². The fraction of sp³-hybridized carbons (Fsp3) is 0.270. The molecular formula is C74H74BN3. The monoisotopic (exact) mass is 1020 g/mol. The van der Waals surface area contributed by atoms with Crippen molar-refractivity contribution in [3.63, 3.8) is 0 Å². The third-order valence-electron chi connectivity index (χ3n) is 18.7. The van der Waals surface area contributed by atoms with Crippen molar-refractivity contribution in [2.75, 3.05) is 14.7 Å². The Morgan fingerprint density at radius 1 is 0.372 bits per heavy atom. The van der Waals surface area contributed by atoms with Crippen molar-refractivity contribution in [2.45, 2.75) is 129 Å². The molecule has 9 aromatic carbocycles. The number of fused-ring (bicyclic) bond motifs is 6. The van der Waals surface area contributed by atoms with Crippen molar-refractivity contribution in [3.05, 3.63) is 228 Å². The number of hydrogen-bond donors (Lipinski definition) is 0. The summed E-state index contributed by atoms with van der Waals surface area (Å²) in [6.07, 6.45) is 4.60. The standard InChI is InChI=1S/C74H74BN3/c1-70(2,3)52-33-37-64(57(43-52)50-26-18-13-19-27-50)78-65-36-32-51(49-24-16-12-17-25-49)42-62(65)75-63-47-60-61(74(10,11)41-40-73(60,8)9)48-66(63)77(55-34-35-58-59(44-55)72(6,7)39-38-71(58,4)5)67-45-56(46-68(78)69(67)75)76(53-28-20-14-21-29-53)54-30-22-15-23-31-54/h12-37,42-48H,38-41H2,1-11H3. The highest BCUT2D eigenvalue weighted by molar-refractivity contribution is 7.00. The lowest BCUT2D eigenvalue weighted by Gasteiger charge is -2.48. The van der Waals surface area contributed by atoms with Crippen LogP contribution in [0.2, 0.25) is 0 Å². The van der Waals surface area contributed by atoms with E-state index in [1.165, 1.54) is 101 Å². The first-order valence-electron chi connectivity index (χ1n) is 28.7. The van der Waals surface area contributed by atoms with Gasteiger partial charge in [-0.25, -0.2) is 0 Å². The summed E-state index contributed by atoms with van der Waals surface area (Å²) in [5, 5.41) is 0. The zero-order valence-electron chi connectivity index (χ0n) is 47.8. The molecule has 2 aliphatic carbocycles. The van der Waals surface area contributed by atoms with E-state index in [0.717, 1.165) is 42.0 Å². The van der Waals surface area contributed by atoms with Gasteiger partial charge in [-0.15, -0.1) is 0 Å². The predicted molar refractivity (Wildman–Crippen MR) is 335 cm³/mol. The van der Waals surface area contributed by atoms with E-state index in [9.17, 15) is 0 Å². The lowest BCUT2D eigenvalue weighted by atomic mass is 9.33. The Kier molecular flexibility index (Phi) is 11.5. The second-order valence-corrected chi connectivity index (χ2v) is 26.7. The van der Waals surface area contributed by atoms with Gasteiger partial charge in [0.2, 0.25) is 0 Å². The van der Waals surface area contributed by atoms with E-state index in [0.29, 0.717) is 0 Å². The molecule has 388 valence electrons. The molecule has 0 saturated carbocycles. The summed E-state index contributed by atoms with van der Waals surface area (Å²) >= 11 is 0. The Balaban J connectivity index is 1.21. The molecule has 78 heavy (non-hydrogen) atoms. The number of para-hydroxylation sites is 2. The van der Waals surface area contributed by atoms with E-state index >= 15 is 0 Å². The topological polar surface area (TPSA) is 9.72 Å². The van der Waals surface area contributed by atoms with Crippen molar-refractivity contribution in [3.8, 4) is 22.3 Å². The molecule has 0 N–H and O–H groups in total. The number of nitrogens with zero attached hydrogens (tertiary/aromatic N) is 3. The average molecular weight is 1020 g/mol. The van der Waals surface area contributed by atoms with Gasteiger partial charge in [0.15, 0.2) is 0 Å². The van der Waals surface area contributed by atoms with Crippen molar-refractivity contribution in [2.24, 2.45) is 0 Å². The Morgan fingerprint density at radius 2 is 0.859 bits per heavy atom. The molecule has 0 aromatic heterocycles. The normalized spacial score (nSPS) is 17.0. The lowest BCUT2D eigenvalue weighted by molar-refractivity contribution is 0.332. The first kappa shape index (κ1) is 50.0. The summed E-state index contributed by atoms with van der Waals surface area (Å²) in [5.41, 5.74) is 26.7. The van der Waals surface area contributed by atoms with Crippen LogP contribution in [0.25, 0.3) is 22.3 Å². The van der Waals surface area contributed by atoms with E-state index in [-0.39, 0.29) is 33.8 Å². The maximum absolute atomic E-state index is 2.71. The van der Waals surface area contributed by atoms with Gasteiger partial charge in [0.1, 0.15) is 0 Å². The largest absolute Gasteiger partial charge is 0.311 e. The lowest BCUT2D eigenvalue weighted by Crippen LogP contribution is -2.62. The zero-order valence-corrected chi connectivity index (χ0v) is 47.8. The van der Waals surface area contributed by atoms with Crippen LogP contribution in [0.3, 0.4) is 0 Å². The number of benzene rings is 9. The quantitative estimate of drug-likeness (QED) is 0.147. The molecule has 4 aliphatic rings. The van der Waals surface area contributed by atoms with Gasteiger partial charge in [-0.2, -0.15) is 0 Å². The highest BCUT2D eigenvalue weighted by Gasteiger charge is 2.48. The van der Waals surface area contributed by atoms with Crippen LogP contribution in [0.15, 0.2) is 200 Å². The second kappa shape index (κ2) is 18.0. The summed E-state index contributed by atoms with van der Waals surface area (Å²) in [5.74, 6) is 0. The van der Waals surface area contributed by atoms with Crippen LogP contribution in [0.4, 0.5) is 51.2 Å². The minimum absolute atomic E-state index is 0.000221. The van der Waals surface area contributed by atoms with Crippen LogP contribution in [-0.4, -0.2) is 6.71 Å². The molecular weight excluding hydrogens is 942 g/mol. The summed E-state index contributed by atoms with van der Waals surface area (Å²) in [6.45, 7) is 26.7. The maximum Gasteiger partial charge on any atom is 0.252 e. The van der Waals surface area contributed by atoms with Crippen LogP contribution in [0.5, 0.6) is 0 Å². The van der Waals surface area contributed by atoms with Gasteiger partial charge < -0.3 is 14.7 Å². The molecule has 4 heteroatoms. The van der Waals surface area contributed by atoms with E-state index in [4.69, 9.17) is 0 Å². The van der Waals surface area contributed by atoms with Gasteiger partial charge in [0, 0.05) is 45.4 Å². The zero-order chi connectivity index (χ0) is 54.1. The van der Waals surface area contributed by atoms with Crippen molar-refractivity contribution in [1.29, 1.82) is 0 Å². The molecule has 2 aliphatic heterocycles. The van der Waals surface area contributed by atoms with Gasteiger partial charge in [-0.1, -0.05) is 204 Å². The molecule has 2 heterocycles. The fourth-order valence-electron chi connectivity index (χ4n) is 13.9.